The highest BCUT2D eigenvalue weighted by Gasteiger charge is 2.38. The van der Waals surface area contributed by atoms with Gasteiger partial charge in [-0.3, -0.25) is 9.48 Å². The van der Waals surface area contributed by atoms with Gasteiger partial charge in [0.25, 0.3) is 0 Å². The minimum atomic E-state index is -0.737. The number of carbonyl (C=O) groups is 1. The minimum absolute atomic E-state index is 0.0472. The van der Waals surface area contributed by atoms with Gasteiger partial charge in [-0.25, -0.2) is 0 Å². The van der Waals surface area contributed by atoms with Crippen molar-refractivity contribution < 1.29 is 9.53 Å². The monoisotopic (exact) mass is 237 g/mol. The van der Waals surface area contributed by atoms with Gasteiger partial charge in [0.05, 0.1) is 18.8 Å². The molecule has 94 valence electrons. The number of hydrogen-bond acceptors (Lipinski definition) is 4. The Balaban J connectivity index is 2.32. The number of nitrogens with two attached hydrogens (primary N) is 1. The van der Waals surface area contributed by atoms with E-state index in [4.69, 9.17) is 10.5 Å². The first-order valence-electron chi connectivity index (χ1n) is 5.98. The van der Waals surface area contributed by atoms with Crippen molar-refractivity contribution in [1.29, 1.82) is 0 Å². The van der Waals surface area contributed by atoms with Crippen molar-refractivity contribution in [2.75, 3.05) is 7.11 Å². The third-order valence-electron chi connectivity index (χ3n) is 3.54. The molecule has 1 fully saturated rings. The zero-order chi connectivity index (χ0) is 12.5. The number of nitrogens with zero attached hydrogens (tertiary/aromatic N) is 2. The Bertz CT molecular complexity index is 419. The first kappa shape index (κ1) is 12.1. The largest absolute Gasteiger partial charge is 0.493 e. The van der Waals surface area contributed by atoms with Gasteiger partial charge < -0.3 is 10.5 Å². The molecule has 0 bridgehead atoms. The highest BCUT2D eigenvalue weighted by Crippen LogP contribution is 2.31. The predicted molar refractivity (Wildman–Crippen MR) is 64.1 cm³/mol. The van der Waals surface area contributed by atoms with Crippen LogP contribution in [-0.2, 0) is 7.05 Å². The number of rotatable bonds is 3. The number of ketones is 1. The SMILES string of the molecule is COc1cnn(C)c1C(=O)C1(N)CCCCC1. The summed E-state index contributed by atoms with van der Waals surface area (Å²) in [5, 5.41) is 4.05. The van der Waals surface area contributed by atoms with Crippen LogP contribution in [0.5, 0.6) is 5.75 Å². The van der Waals surface area contributed by atoms with E-state index >= 15 is 0 Å². The molecule has 0 aromatic carbocycles. The van der Waals surface area contributed by atoms with E-state index in [-0.39, 0.29) is 5.78 Å². The summed E-state index contributed by atoms with van der Waals surface area (Å²) in [6.45, 7) is 0. The molecule has 1 aromatic rings. The minimum Gasteiger partial charge on any atom is -0.493 e. The number of carbonyl (C=O) groups excluding carboxylic acids is 1. The second-order valence-electron chi connectivity index (χ2n) is 4.73. The number of Topliss-reactive ketones (excluding diaryl/α,β-unsaturated/α-hetero) is 1. The van der Waals surface area contributed by atoms with Gasteiger partial charge in [-0.15, -0.1) is 0 Å². The van der Waals surface area contributed by atoms with Crippen molar-refractivity contribution in [2.24, 2.45) is 12.8 Å². The zero-order valence-electron chi connectivity index (χ0n) is 10.4. The summed E-state index contributed by atoms with van der Waals surface area (Å²) >= 11 is 0. The molecule has 0 aliphatic heterocycles. The third-order valence-corrected chi connectivity index (χ3v) is 3.54. The molecule has 0 unspecified atom stereocenters. The second kappa shape index (κ2) is 4.49. The maximum atomic E-state index is 12.5. The number of hydrogen-bond donors (Lipinski definition) is 1. The van der Waals surface area contributed by atoms with Crippen molar-refractivity contribution >= 4 is 5.78 Å². The molecule has 2 N–H and O–H groups in total. The Hall–Kier alpha value is -1.36. The van der Waals surface area contributed by atoms with Crippen LogP contribution >= 0.6 is 0 Å². The molecule has 0 radical (unpaired) electrons. The molecule has 1 heterocycles. The predicted octanol–water partition coefficient (Wildman–Crippen LogP) is 1.27. The van der Waals surface area contributed by atoms with Gasteiger partial charge in [0.2, 0.25) is 5.78 Å². The summed E-state index contributed by atoms with van der Waals surface area (Å²) in [4.78, 5) is 12.5. The second-order valence-corrected chi connectivity index (χ2v) is 4.73. The van der Waals surface area contributed by atoms with Crippen LogP contribution in [0.25, 0.3) is 0 Å². The van der Waals surface area contributed by atoms with Crippen LogP contribution in [-0.4, -0.2) is 28.2 Å². The van der Waals surface area contributed by atoms with Gasteiger partial charge in [0, 0.05) is 7.05 Å². The highest BCUT2D eigenvalue weighted by atomic mass is 16.5. The lowest BCUT2D eigenvalue weighted by Crippen LogP contribution is -2.50. The van der Waals surface area contributed by atoms with Crippen LogP contribution < -0.4 is 10.5 Å². The molecule has 1 aliphatic rings. The maximum absolute atomic E-state index is 12.5. The number of aryl methyl sites for hydroxylation is 1. The normalized spacial score (nSPS) is 19.0. The molecule has 1 saturated carbocycles. The Morgan fingerprint density at radius 1 is 1.47 bits per heavy atom. The average Bonchev–Trinajstić information content (AvgIpc) is 2.70. The van der Waals surface area contributed by atoms with Crippen LogP contribution in [0.2, 0.25) is 0 Å². The Kier molecular flexibility index (Phi) is 3.19. The number of aromatic nitrogens is 2. The van der Waals surface area contributed by atoms with Crippen LogP contribution in [0.3, 0.4) is 0 Å². The topological polar surface area (TPSA) is 70.1 Å². The standard InChI is InChI=1S/C12H19N3O2/c1-15-10(9(17-2)8-14-15)11(16)12(13)6-4-3-5-7-12/h8H,3-7,13H2,1-2H3. The third kappa shape index (κ3) is 2.07. The van der Waals surface area contributed by atoms with Crippen LogP contribution in [0, 0.1) is 0 Å². The van der Waals surface area contributed by atoms with E-state index in [0.717, 1.165) is 32.1 Å². The summed E-state index contributed by atoms with van der Waals surface area (Å²) in [7, 11) is 3.28. The summed E-state index contributed by atoms with van der Waals surface area (Å²) in [6.07, 6.45) is 6.25. The van der Waals surface area contributed by atoms with Crippen molar-refractivity contribution in [3.8, 4) is 5.75 Å². The van der Waals surface area contributed by atoms with Gasteiger partial charge in [-0.2, -0.15) is 5.10 Å². The van der Waals surface area contributed by atoms with Gasteiger partial charge >= 0.3 is 0 Å². The fraction of sp³-hybridized carbons (Fsp3) is 0.667. The van der Waals surface area contributed by atoms with E-state index < -0.39 is 5.54 Å². The molecule has 1 aliphatic carbocycles. The fourth-order valence-corrected chi connectivity index (χ4v) is 2.47. The van der Waals surface area contributed by atoms with Gasteiger partial charge in [0.1, 0.15) is 5.69 Å². The lowest BCUT2D eigenvalue weighted by atomic mass is 9.78. The summed E-state index contributed by atoms with van der Waals surface area (Å²) in [5.74, 6) is 0.460. The Morgan fingerprint density at radius 2 is 2.12 bits per heavy atom. The maximum Gasteiger partial charge on any atom is 0.204 e. The summed E-state index contributed by atoms with van der Waals surface area (Å²) in [5.41, 5.74) is 5.99. The molecule has 0 spiro atoms. The molecule has 2 rings (SSSR count). The zero-order valence-corrected chi connectivity index (χ0v) is 10.4. The molecule has 0 atom stereocenters. The fourth-order valence-electron chi connectivity index (χ4n) is 2.47. The first-order valence-corrected chi connectivity index (χ1v) is 5.98. The quantitative estimate of drug-likeness (QED) is 0.804. The first-order chi connectivity index (χ1) is 8.08. The molecular formula is C12H19N3O2. The van der Waals surface area contributed by atoms with Crippen molar-refractivity contribution in [3.05, 3.63) is 11.9 Å². The van der Waals surface area contributed by atoms with E-state index in [2.05, 4.69) is 5.10 Å². The van der Waals surface area contributed by atoms with Crippen LogP contribution in [0.1, 0.15) is 42.6 Å². The average molecular weight is 237 g/mol. The van der Waals surface area contributed by atoms with E-state index in [1.807, 2.05) is 0 Å². The molecule has 17 heavy (non-hydrogen) atoms. The van der Waals surface area contributed by atoms with Crippen molar-refractivity contribution in [1.82, 2.24) is 9.78 Å². The van der Waals surface area contributed by atoms with Gasteiger partial charge in [-0.1, -0.05) is 19.3 Å². The molecular weight excluding hydrogens is 218 g/mol. The van der Waals surface area contributed by atoms with Gasteiger partial charge in [-0.05, 0) is 12.8 Å². The smallest absolute Gasteiger partial charge is 0.204 e. The lowest BCUT2D eigenvalue weighted by Gasteiger charge is -2.31. The Labute approximate surface area is 101 Å². The number of methoxy groups -OCH3 is 1. The van der Waals surface area contributed by atoms with Crippen molar-refractivity contribution in [3.63, 3.8) is 0 Å². The Morgan fingerprint density at radius 3 is 2.71 bits per heavy atom. The molecule has 1 aromatic heterocycles. The molecule has 0 saturated heterocycles. The van der Waals surface area contributed by atoms with Crippen LogP contribution in [0.4, 0.5) is 0 Å². The summed E-state index contributed by atoms with van der Waals surface area (Å²) < 4.78 is 6.71. The van der Waals surface area contributed by atoms with E-state index in [1.165, 1.54) is 7.11 Å². The lowest BCUT2D eigenvalue weighted by molar-refractivity contribution is 0.0834. The van der Waals surface area contributed by atoms with Crippen LogP contribution in [0.15, 0.2) is 6.20 Å². The number of ether oxygens (including phenoxy) is 1. The van der Waals surface area contributed by atoms with E-state index in [9.17, 15) is 4.79 Å². The molecule has 0 amide bonds. The van der Waals surface area contributed by atoms with E-state index in [0.29, 0.717) is 11.4 Å². The summed E-state index contributed by atoms with van der Waals surface area (Å²) in [6, 6.07) is 0. The van der Waals surface area contributed by atoms with E-state index in [1.54, 1.807) is 17.9 Å². The molecule has 5 heteroatoms. The molecule has 5 nitrogen and oxygen atoms in total. The van der Waals surface area contributed by atoms with Crippen molar-refractivity contribution in [2.45, 2.75) is 37.6 Å². The highest BCUT2D eigenvalue weighted by molar-refractivity contribution is 6.03. The van der Waals surface area contributed by atoms with Gasteiger partial charge in [0.15, 0.2) is 5.75 Å².